The summed E-state index contributed by atoms with van der Waals surface area (Å²) < 4.78 is 0. The summed E-state index contributed by atoms with van der Waals surface area (Å²) in [5.41, 5.74) is 6.38. The van der Waals surface area contributed by atoms with Crippen molar-refractivity contribution >= 4 is 24.6 Å². The van der Waals surface area contributed by atoms with Gasteiger partial charge in [-0.25, -0.2) is 9.97 Å². The third kappa shape index (κ3) is 1.64. The average Bonchev–Trinajstić information content (AvgIpc) is 1.85. The normalized spacial score (nSPS) is 9.70. The highest BCUT2D eigenvalue weighted by Gasteiger charge is 1.95. The van der Waals surface area contributed by atoms with Crippen LogP contribution >= 0.6 is 11.6 Å². The van der Waals surface area contributed by atoms with Crippen LogP contribution in [0.15, 0.2) is 11.2 Å². The summed E-state index contributed by atoms with van der Waals surface area (Å²) in [5.74, 6) is 0.539. The first-order valence-electron chi connectivity index (χ1n) is 2.87. The molecule has 1 aromatic heterocycles. The van der Waals surface area contributed by atoms with Crippen molar-refractivity contribution in [1.82, 2.24) is 9.97 Å². The van der Waals surface area contributed by atoms with Crippen molar-refractivity contribution in [2.75, 3.05) is 5.73 Å². The second-order valence-electron chi connectivity index (χ2n) is 1.92. The van der Waals surface area contributed by atoms with Gasteiger partial charge in [-0.3, -0.25) is 0 Å². The molecule has 0 saturated heterocycles. The number of aromatic nitrogens is 2. The maximum atomic E-state index is 5.47. The van der Waals surface area contributed by atoms with Crippen LogP contribution in [0.1, 0.15) is 5.69 Å². The number of nitrogens with two attached hydrogens (primary N) is 1. The molecule has 0 fully saturated rings. The van der Waals surface area contributed by atoms with E-state index in [0.29, 0.717) is 5.82 Å². The topological polar surface area (TPSA) is 51.8 Å². The van der Waals surface area contributed by atoms with E-state index in [4.69, 9.17) is 5.73 Å². The molecule has 0 amide bonds. The monoisotopic (exact) mass is 153 g/mol. The summed E-state index contributed by atoms with van der Waals surface area (Å²) in [6, 6.07) is 1.75. The Labute approximate surface area is 64.7 Å². The summed E-state index contributed by atoms with van der Waals surface area (Å²) >= 11 is 1.49. The lowest BCUT2D eigenvalue weighted by Crippen LogP contribution is -1.95. The Kier molecular flexibility index (Phi) is 2.16. The number of rotatable bonds is 1. The number of hydrogen-bond donors (Lipinski definition) is 1. The van der Waals surface area contributed by atoms with E-state index in [1.807, 2.05) is 14.0 Å². The van der Waals surface area contributed by atoms with Gasteiger partial charge in [0, 0.05) is 11.8 Å². The summed E-state index contributed by atoms with van der Waals surface area (Å²) in [4.78, 5) is 8.11. The van der Waals surface area contributed by atoms with Crippen LogP contribution in [0.5, 0.6) is 0 Å². The van der Waals surface area contributed by atoms with E-state index in [9.17, 15) is 0 Å². The van der Waals surface area contributed by atoms with Gasteiger partial charge in [0.05, 0.1) is 0 Å². The van der Waals surface area contributed by atoms with Gasteiger partial charge >= 0.3 is 0 Å². The molecule has 10 heavy (non-hydrogen) atoms. The van der Waals surface area contributed by atoms with Gasteiger partial charge in [-0.15, -0.1) is 11.6 Å². The van der Waals surface area contributed by atoms with Crippen molar-refractivity contribution < 1.29 is 0 Å². The molecular formula is C5H8BN3S. The number of hydrogen-bond acceptors (Lipinski definition) is 4. The molecule has 0 saturated carbocycles. The van der Waals surface area contributed by atoms with Gasteiger partial charge < -0.3 is 5.73 Å². The zero-order valence-corrected chi connectivity index (χ0v) is 6.77. The van der Waals surface area contributed by atoms with Crippen molar-refractivity contribution in [1.29, 1.82) is 0 Å². The van der Waals surface area contributed by atoms with Gasteiger partial charge in [0.1, 0.15) is 5.82 Å². The smallest absolute Gasteiger partial charge is 0.184 e. The summed E-state index contributed by atoms with van der Waals surface area (Å²) in [5, 5.41) is 0.734. The second kappa shape index (κ2) is 2.92. The highest BCUT2D eigenvalue weighted by molar-refractivity contribution is 8.19. The molecule has 0 aliphatic heterocycles. The fraction of sp³-hybridized carbons (Fsp3) is 0.200. The first kappa shape index (κ1) is 7.40. The molecule has 0 aliphatic rings. The molecule has 0 atom stereocenters. The maximum Gasteiger partial charge on any atom is 0.184 e. The lowest BCUT2D eigenvalue weighted by atomic mass is 10.4. The van der Waals surface area contributed by atoms with Crippen LogP contribution in [-0.4, -0.2) is 17.1 Å². The van der Waals surface area contributed by atoms with Crippen LogP contribution in [-0.2, 0) is 0 Å². The predicted octanol–water partition coefficient (Wildman–Crippen LogP) is 0.00742. The molecular weight excluding hydrogens is 145 g/mol. The summed E-state index contributed by atoms with van der Waals surface area (Å²) in [6.45, 7) is 1.90. The third-order valence-electron chi connectivity index (χ3n) is 1.04. The van der Waals surface area contributed by atoms with E-state index in [1.165, 1.54) is 11.6 Å². The quantitative estimate of drug-likeness (QED) is 0.456. The lowest BCUT2D eigenvalue weighted by Gasteiger charge is -1.97. The van der Waals surface area contributed by atoms with Crippen molar-refractivity contribution in [3.8, 4) is 0 Å². The van der Waals surface area contributed by atoms with Crippen molar-refractivity contribution in [2.24, 2.45) is 0 Å². The molecule has 52 valence electrons. The fourth-order valence-electron chi connectivity index (χ4n) is 0.656. The molecule has 1 aromatic rings. The lowest BCUT2D eigenvalue weighted by molar-refractivity contribution is 0.946. The molecule has 1 heterocycles. The van der Waals surface area contributed by atoms with Gasteiger partial charge in [-0.2, -0.15) is 0 Å². The van der Waals surface area contributed by atoms with Crippen molar-refractivity contribution in [3.05, 3.63) is 11.8 Å². The standard InChI is InChI=1S/C5H8BN3S/c1-3-2-4(7)9-5(8-3)10-6/h2H,6H2,1H3,(H2,7,8,9). The van der Waals surface area contributed by atoms with Crippen LogP contribution in [0.4, 0.5) is 5.82 Å². The summed E-state index contributed by atoms with van der Waals surface area (Å²) in [7, 11) is 1.92. The molecule has 5 heteroatoms. The Hall–Kier alpha value is -0.705. The SMILES string of the molecule is BSc1nc(C)cc(N)n1. The second-order valence-corrected chi connectivity index (χ2v) is 2.69. The highest BCUT2D eigenvalue weighted by atomic mass is 32.2. The Bertz CT molecular complexity index is 220. The van der Waals surface area contributed by atoms with Gasteiger partial charge in [0.25, 0.3) is 0 Å². The minimum atomic E-state index is 0.539. The van der Waals surface area contributed by atoms with Crippen LogP contribution in [0.25, 0.3) is 0 Å². The number of nitrogens with zero attached hydrogens (tertiary/aromatic N) is 2. The maximum absolute atomic E-state index is 5.47. The zero-order valence-electron chi connectivity index (χ0n) is 5.96. The Morgan fingerprint density at radius 2 is 2.30 bits per heavy atom. The van der Waals surface area contributed by atoms with Gasteiger partial charge in [0.2, 0.25) is 0 Å². The van der Waals surface area contributed by atoms with Gasteiger partial charge in [-0.05, 0) is 6.92 Å². The molecule has 0 aromatic carbocycles. The molecule has 0 bridgehead atoms. The van der Waals surface area contributed by atoms with Crippen LogP contribution in [0.3, 0.4) is 0 Å². The molecule has 1 rings (SSSR count). The fourth-order valence-corrected chi connectivity index (χ4v) is 1.09. The number of nitrogen functional groups attached to an aromatic ring is 1. The number of aryl methyl sites for hydroxylation is 1. The van der Waals surface area contributed by atoms with E-state index in [0.717, 1.165) is 10.9 Å². The number of anilines is 1. The first-order chi connectivity index (χ1) is 4.72. The molecule has 0 spiro atoms. The first-order valence-corrected chi connectivity index (χ1v) is 4.10. The van der Waals surface area contributed by atoms with E-state index < -0.39 is 0 Å². The molecule has 0 unspecified atom stereocenters. The zero-order chi connectivity index (χ0) is 7.56. The third-order valence-corrected chi connectivity index (χ3v) is 1.58. The van der Waals surface area contributed by atoms with Crippen molar-refractivity contribution in [3.63, 3.8) is 0 Å². The molecule has 0 radical (unpaired) electrons. The van der Waals surface area contributed by atoms with Crippen LogP contribution < -0.4 is 5.73 Å². The van der Waals surface area contributed by atoms with Gasteiger partial charge in [-0.1, -0.05) is 0 Å². The molecule has 3 nitrogen and oxygen atoms in total. The highest BCUT2D eigenvalue weighted by Crippen LogP contribution is 2.09. The van der Waals surface area contributed by atoms with E-state index >= 15 is 0 Å². The predicted molar refractivity (Wildman–Crippen MR) is 45.6 cm³/mol. The van der Waals surface area contributed by atoms with Gasteiger partial charge in [0.15, 0.2) is 12.3 Å². The van der Waals surface area contributed by atoms with Crippen LogP contribution in [0, 0.1) is 6.92 Å². The van der Waals surface area contributed by atoms with Crippen molar-refractivity contribution in [2.45, 2.75) is 12.1 Å². The van der Waals surface area contributed by atoms with E-state index in [-0.39, 0.29) is 0 Å². The molecule has 0 aliphatic carbocycles. The van der Waals surface area contributed by atoms with E-state index in [1.54, 1.807) is 6.07 Å². The Balaban J connectivity index is 3.06. The van der Waals surface area contributed by atoms with E-state index in [2.05, 4.69) is 9.97 Å². The minimum absolute atomic E-state index is 0.539. The van der Waals surface area contributed by atoms with Crippen LogP contribution in [0.2, 0.25) is 0 Å². The Morgan fingerprint density at radius 3 is 2.80 bits per heavy atom. The summed E-state index contributed by atoms with van der Waals surface area (Å²) in [6.07, 6.45) is 0. The average molecular weight is 153 g/mol. The molecule has 2 N–H and O–H groups in total. The minimum Gasteiger partial charge on any atom is -0.384 e. The Morgan fingerprint density at radius 1 is 1.60 bits per heavy atom. The largest absolute Gasteiger partial charge is 0.384 e.